The van der Waals surface area contributed by atoms with Crippen LogP contribution in [-0.2, 0) is 16.1 Å². The van der Waals surface area contributed by atoms with Gasteiger partial charge in [0.25, 0.3) is 0 Å². The summed E-state index contributed by atoms with van der Waals surface area (Å²) >= 11 is 1.67. The minimum atomic E-state index is -0.163. The lowest BCUT2D eigenvalue weighted by Gasteiger charge is -2.30. The molecule has 30 heavy (non-hydrogen) atoms. The Kier molecular flexibility index (Phi) is 7.20. The molecule has 1 aromatic carbocycles. The van der Waals surface area contributed by atoms with Crippen molar-refractivity contribution in [2.45, 2.75) is 38.3 Å². The van der Waals surface area contributed by atoms with Crippen molar-refractivity contribution in [3.8, 4) is 11.5 Å². The van der Waals surface area contributed by atoms with Crippen molar-refractivity contribution in [3.63, 3.8) is 0 Å². The molecular formula is C22H27N3O4S. The summed E-state index contributed by atoms with van der Waals surface area (Å²) in [5.74, 6) is 1.84. The van der Waals surface area contributed by atoms with Gasteiger partial charge in [-0.2, -0.15) is 0 Å². The number of amides is 2. The summed E-state index contributed by atoms with van der Waals surface area (Å²) in [6, 6.07) is 7.48. The molecule has 2 heterocycles. The van der Waals surface area contributed by atoms with E-state index in [1.807, 2.05) is 32.0 Å². The zero-order chi connectivity index (χ0) is 21.7. The van der Waals surface area contributed by atoms with Crippen LogP contribution in [0.2, 0.25) is 0 Å². The topological polar surface area (TPSA) is 80.8 Å². The molecule has 0 saturated heterocycles. The number of aromatic nitrogens is 1. The van der Waals surface area contributed by atoms with E-state index in [1.165, 1.54) is 0 Å². The normalized spacial score (nSPS) is 12.9. The molecule has 0 saturated carbocycles. The number of hydrogen-bond acceptors (Lipinski definition) is 6. The van der Waals surface area contributed by atoms with Crippen LogP contribution in [0.3, 0.4) is 0 Å². The lowest BCUT2D eigenvalue weighted by Crippen LogP contribution is -2.37. The lowest BCUT2D eigenvalue weighted by molar-refractivity contribution is -0.125. The average Bonchev–Trinajstić information content (AvgIpc) is 2.75. The first-order valence-corrected chi connectivity index (χ1v) is 10.8. The van der Waals surface area contributed by atoms with Gasteiger partial charge in [0.2, 0.25) is 11.8 Å². The van der Waals surface area contributed by atoms with Gasteiger partial charge in [0.1, 0.15) is 5.03 Å². The van der Waals surface area contributed by atoms with Crippen LogP contribution in [0.15, 0.2) is 29.3 Å². The van der Waals surface area contributed by atoms with E-state index < -0.39 is 0 Å². The molecule has 1 aliphatic heterocycles. The van der Waals surface area contributed by atoms with E-state index in [4.69, 9.17) is 9.47 Å². The number of anilines is 1. The molecule has 160 valence electrons. The Labute approximate surface area is 181 Å². The number of ether oxygens (including phenoxy) is 2. The van der Waals surface area contributed by atoms with Crippen molar-refractivity contribution in [1.29, 1.82) is 0 Å². The first-order chi connectivity index (χ1) is 14.4. The third-order valence-corrected chi connectivity index (χ3v) is 5.85. The van der Waals surface area contributed by atoms with Crippen LogP contribution in [-0.4, -0.2) is 43.3 Å². The first-order valence-electron chi connectivity index (χ1n) is 9.82. The van der Waals surface area contributed by atoms with E-state index in [-0.39, 0.29) is 24.7 Å². The number of carbonyl (C=O) groups is 2. The van der Waals surface area contributed by atoms with E-state index in [0.717, 1.165) is 33.3 Å². The highest BCUT2D eigenvalue weighted by Crippen LogP contribution is 2.36. The predicted molar refractivity (Wildman–Crippen MR) is 117 cm³/mol. The van der Waals surface area contributed by atoms with Crippen LogP contribution in [0.1, 0.15) is 29.7 Å². The fourth-order valence-electron chi connectivity index (χ4n) is 3.45. The molecule has 1 aliphatic rings. The number of fused-ring (bicyclic) bond motifs is 1. The van der Waals surface area contributed by atoms with Gasteiger partial charge in [-0.15, -0.1) is 11.8 Å². The molecule has 0 atom stereocenters. The van der Waals surface area contributed by atoms with Gasteiger partial charge in [0.15, 0.2) is 11.5 Å². The van der Waals surface area contributed by atoms with E-state index in [2.05, 4.69) is 10.3 Å². The summed E-state index contributed by atoms with van der Waals surface area (Å²) in [5, 5.41) is 3.76. The summed E-state index contributed by atoms with van der Waals surface area (Å²) in [6.07, 6.45) is 0.304. The van der Waals surface area contributed by atoms with Crippen LogP contribution in [0.5, 0.6) is 11.5 Å². The van der Waals surface area contributed by atoms with Gasteiger partial charge in [-0.3, -0.25) is 9.59 Å². The molecule has 2 amide bonds. The molecule has 7 nitrogen and oxygen atoms in total. The van der Waals surface area contributed by atoms with E-state index in [0.29, 0.717) is 24.6 Å². The second-order valence-corrected chi connectivity index (χ2v) is 8.18. The van der Waals surface area contributed by atoms with Gasteiger partial charge >= 0.3 is 0 Å². The van der Waals surface area contributed by atoms with Crippen molar-refractivity contribution in [1.82, 2.24) is 10.3 Å². The molecule has 1 aromatic heterocycles. The third-order valence-electron chi connectivity index (χ3n) is 4.91. The monoisotopic (exact) mass is 429 g/mol. The van der Waals surface area contributed by atoms with Crippen LogP contribution in [0.4, 0.5) is 5.69 Å². The van der Waals surface area contributed by atoms with Crippen molar-refractivity contribution in [2.75, 3.05) is 31.4 Å². The zero-order valence-electron chi connectivity index (χ0n) is 17.8. The molecule has 2 aromatic rings. The summed E-state index contributed by atoms with van der Waals surface area (Å²) in [7, 11) is 3.15. The number of benzene rings is 1. The molecule has 0 fully saturated rings. The number of pyridine rings is 1. The highest BCUT2D eigenvalue weighted by molar-refractivity contribution is 7.99. The fraction of sp³-hybridized carbons (Fsp3) is 0.409. The number of thioether (sulfide) groups is 1. The van der Waals surface area contributed by atoms with E-state index in [1.54, 1.807) is 36.9 Å². The van der Waals surface area contributed by atoms with Crippen molar-refractivity contribution < 1.29 is 19.1 Å². The van der Waals surface area contributed by atoms with Crippen LogP contribution in [0.25, 0.3) is 0 Å². The van der Waals surface area contributed by atoms with Crippen molar-refractivity contribution in [2.24, 2.45) is 0 Å². The largest absolute Gasteiger partial charge is 0.493 e. The first kappa shape index (κ1) is 22.0. The highest BCUT2D eigenvalue weighted by atomic mass is 32.2. The molecule has 8 heteroatoms. The Morgan fingerprint density at radius 1 is 1.13 bits per heavy atom. The molecule has 0 radical (unpaired) electrons. The Bertz CT molecular complexity index is 948. The smallest absolute Gasteiger partial charge is 0.227 e. The number of rotatable bonds is 7. The van der Waals surface area contributed by atoms with Crippen LogP contribution < -0.4 is 19.7 Å². The Morgan fingerprint density at radius 3 is 2.63 bits per heavy atom. The van der Waals surface area contributed by atoms with Gasteiger partial charge in [-0.25, -0.2) is 4.98 Å². The van der Waals surface area contributed by atoms with Gasteiger partial charge in [0.05, 0.1) is 19.9 Å². The summed E-state index contributed by atoms with van der Waals surface area (Å²) in [4.78, 5) is 31.4. The Morgan fingerprint density at radius 2 is 1.90 bits per heavy atom. The van der Waals surface area contributed by atoms with Crippen LogP contribution >= 0.6 is 11.8 Å². The maximum Gasteiger partial charge on any atom is 0.227 e. The minimum Gasteiger partial charge on any atom is -0.493 e. The lowest BCUT2D eigenvalue weighted by atomic mass is 10.1. The van der Waals surface area contributed by atoms with Crippen molar-refractivity contribution >= 4 is 29.3 Å². The number of aryl methyl sites for hydroxylation is 2. The third kappa shape index (κ3) is 5.05. The highest BCUT2D eigenvalue weighted by Gasteiger charge is 2.26. The number of nitrogens with one attached hydrogen (secondary N) is 1. The maximum absolute atomic E-state index is 12.8. The van der Waals surface area contributed by atoms with Gasteiger partial charge in [-0.05, 0) is 43.2 Å². The molecule has 0 spiro atoms. The second-order valence-electron chi connectivity index (χ2n) is 7.09. The number of methoxy groups -OCH3 is 2. The number of hydrogen-bond donors (Lipinski definition) is 1. The summed E-state index contributed by atoms with van der Waals surface area (Å²) in [6.45, 7) is 4.95. The molecule has 1 N–H and O–H groups in total. The molecule has 0 unspecified atom stereocenters. The standard InChI is InChI=1S/C22H27N3O4S/c1-14-11-15(2)24-22-21(14)25(9-10-30-22)20(27)8-7-19(26)23-13-16-5-6-17(28-3)18(12-16)29-4/h5-6,11-12H,7-10,13H2,1-4H3,(H,23,26). The van der Waals surface area contributed by atoms with Gasteiger partial charge in [-0.1, -0.05) is 6.07 Å². The van der Waals surface area contributed by atoms with Gasteiger partial charge < -0.3 is 19.7 Å². The van der Waals surface area contributed by atoms with Crippen molar-refractivity contribution in [3.05, 3.63) is 41.1 Å². The zero-order valence-corrected chi connectivity index (χ0v) is 18.6. The van der Waals surface area contributed by atoms with E-state index in [9.17, 15) is 9.59 Å². The Hall–Kier alpha value is -2.74. The Balaban J connectivity index is 1.55. The predicted octanol–water partition coefficient (Wildman–Crippen LogP) is 3.25. The average molecular weight is 430 g/mol. The summed E-state index contributed by atoms with van der Waals surface area (Å²) in [5.41, 5.74) is 3.76. The molecular weight excluding hydrogens is 402 g/mol. The SMILES string of the molecule is COc1ccc(CNC(=O)CCC(=O)N2CCSc3nc(C)cc(C)c32)cc1OC. The summed E-state index contributed by atoms with van der Waals surface area (Å²) < 4.78 is 10.5. The quantitative estimate of drug-likeness (QED) is 0.728. The molecule has 0 bridgehead atoms. The maximum atomic E-state index is 12.8. The number of carbonyl (C=O) groups excluding carboxylic acids is 2. The van der Waals surface area contributed by atoms with E-state index >= 15 is 0 Å². The second kappa shape index (κ2) is 9.84. The van der Waals surface area contributed by atoms with Gasteiger partial charge in [0, 0.05) is 37.4 Å². The molecule has 3 rings (SSSR count). The number of nitrogens with zero attached hydrogens (tertiary/aromatic N) is 2. The van der Waals surface area contributed by atoms with Crippen LogP contribution in [0, 0.1) is 13.8 Å². The fourth-order valence-corrected chi connectivity index (χ4v) is 4.54. The minimum absolute atomic E-state index is 0.0495. The molecule has 0 aliphatic carbocycles.